The molecule has 1 atom stereocenters. The molecule has 0 saturated carbocycles. The van der Waals surface area contributed by atoms with Crippen LogP contribution in [0.4, 0.5) is 4.39 Å². The Morgan fingerprint density at radius 1 is 1.60 bits per heavy atom. The van der Waals surface area contributed by atoms with Gasteiger partial charge in [-0.2, -0.15) is 0 Å². The normalized spacial score (nSPS) is 13.6. The maximum atomic E-state index is 13.3. The minimum Gasteiger partial charge on any atom is -0.479 e. The topological polar surface area (TPSA) is 70.4 Å². The Kier molecular flexibility index (Phi) is 3.04. The summed E-state index contributed by atoms with van der Waals surface area (Å²) in [4.78, 5) is 14.4. The number of hydrogen-bond acceptors (Lipinski definition) is 3. The van der Waals surface area contributed by atoms with Crippen molar-refractivity contribution in [3.63, 3.8) is 0 Å². The molecular weight excluding hydrogens is 201 g/mol. The van der Waals surface area contributed by atoms with Gasteiger partial charge in [0.1, 0.15) is 5.82 Å². The SMILES string of the molecule is CC(C)(c1ncccc1F)C(O)C(=O)O. The average Bonchev–Trinajstić information content (AvgIpc) is 2.16. The van der Waals surface area contributed by atoms with Gasteiger partial charge in [0.25, 0.3) is 0 Å². The first kappa shape index (κ1) is 11.6. The molecular formula is C10H12FNO3. The summed E-state index contributed by atoms with van der Waals surface area (Å²) < 4.78 is 13.3. The predicted octanol–water partition coefficient (Wildman–Crippen LogP) is 0.944. The molecule has 1 aromatic rings. The quantitative estimate of drug-likeness (QED) is 0.784. The van der Waals surface area contributed by atoms with Crippen molar-refractivity contribution in [2.45, 2.75) is 25.4 Å². The average molecular weight is 213 g/mol. The Bertz CT molecular complexity index is 379. The van der Waals surface area contributed by atoms with E-state index in [-0.39, 0.29) is 5.69 Å². The lowest BCUT2D eigenvalue weighted by molar-refractivity contribution is -0.150. The summed E-state index contributed by atoms with van der Waals surface area (Å²) in [5, 5.41) is 18.1. The third-order valence-corrected chi connectivity index (χ3v) is 2.29. The number of hydrogen-bond donors (Lipinski definition) is 2. The molecule has 0 saturated heterocycles. The van der Waals surface area contributed by atoms with E-state index in [1.165, 1.54) is 32.2 Å². The second-order valence-corrected chi connectivity index (χ2v) is 3.80. The third kappa shape index (κ3) is 2.12. The molecule has 1 rings (SSSR count). The molecule has 0 amide bonds. The minimum atomic E-state index is -1.69. The summed E-state index contributed by atoms with van der Waals surface area (Å²) in [6.07, 6.45) is -0.337. The number of aromatic nitrogens is 1. The van der Waals surface area contributed by atoms with Crippen molar-refractivity contribution in [1.29, 1.82) is 0 Å². The summed E-state index contributed by atoms with van der Waals surface area (Å²) in [7, 11) is 0. The van der Waals surface area contributed by atoms with Gasteiger partial charge >= 0.3 is 5.97 Å². The Hall–Kier alpha value is -1.49. The first-order valence-corrected chi connectivity index (χ1v) is 4.39. The summed E-state index contributed by atoms with van der Waals surface area (Å²) in [5.74, 6) is -2.02. The van der Waals surface area contributed by atoms with Crippen LogP contribution in [-0.2, 0) is 10.2 Å². The van der Waals surface area contributed by atoms with Gasteiger partial charge in [-0.25, -0.2) is 9.18 Å². The number of carboxylic acid groups (broad SMARTS) is 1. The van der Waals surface area contributed by atoms with Crippen LogP contribution < -0.4 is 0 Å². The van der Waals surface area contributed by atoms with E-state index in [9.17, 15) is 14.3 Å². The van der Waals surface area contributed by atoms with E-state index in [4.69, 9.17) is 5.11 Å². The molecule has 0 fully saturated rings. The highest BCUT2D eigenvalue weighted by molar-refractivity contribution is 5.74. The van der Waals surface area contributed by atoms with Gasteiger partial charge in [-0.1, -0.05) is 13.8 Å². The summed E-state index contributed by atoms with van der Waals surface area (Å²) in [5.41, 5.74) is -1.32. The molecule has 0 bridgehead atoms. The van der Waals surface area contributed by atoms with Crippen molar-refractivity contribution in [3.8, 4) is 0 Å². The van der Waals surface area contributed by atoms with Crippen LogP contribution in [0, 0.1) is 5.82 Å². The minimum absolute atomic E-state index is 0.0556. The second kappa shape index (κ2) is 3.94. The van der Waals surface area contributed by atoms with Gasteiger partial charge < -0.3 is 10.2 Å². The van der Waals surface area contributed by atoms with E-state index < -0.39 is 23.3 Å². The van der Waals surface area contributed by atoms with Crippen LogP contribution >= 0.6 is 0 Å². The van der Waals surface area contributed by atoms with E-state index >= 15 is 0 Å². The first-order valence-electron chi connectivity index (χ1n) is 4.39. The largest absolute Gasteiger partial charge is 0.479 e. The van der Waals surface area contributed by atoms with Crippen LogP contribution in [0.5, 0.6) is 0 Å². The second-order valence-electron chi connectivity index (χ2n) is 3.80. The zero-order chi connectivity index (χ0) is 11.6. The van der Waals surface area contributed by atoms with Crippen LogP contribution in [0.3, 0.4) is 0 Å². The van der Waals surface area contributed by atoms with Gasteiger partial charge in [-0.05, 0) is 12.1 Å². The number of aliphatic hydroxyl groups is 1. The van der Waals surface area contributed by atoms with E-state index in [1.807, 2.05) is 0 Å². The molecule has 0 aromatic carbocycles. The van der Waals surface area contributed by atoms with Gasteiger partial charge in [-0.15, -0.1) is 0 Å². The van der Waals surface area contributed by atoms with Crippen LogP contribution in [0.25, 0.3) is 0 Å². The van der Waals surface area contributed by atoms with Crippen LogP contribution in [-0.4, -0.2) is 27.3 Å². The number of carboxylic acids is 1. The van der Waals surface area contributed by atoms with Crippen molar-refractivity contribution < 1.29 is 19.4 Å². The van der Waals surface area contributed by atoms with Gasteiger partial charge in [0, 0.05) is 11.6 Å². The van der Waals surface area contributed by atoms with E-state index in [0.717, 1.165) is 0 Å². The Balaban J connectivity index is 3.16. The van der Waals surface area contributed by atoms with Gasteiger partial charge in [0.2, 0.25) is 0 Å². The number of rotatable bonds is 3. The third-order valence-electron chi connectivity index (χ3n) is 2.29. The van der Waals surface area contributed by atoms with Crippen LogP contribution in [0.15, 0.2) is 18.3 Å². The number of aliphatic hydroxyl groups excluding tert-OH is 1. The molecule has 0 aliphatic heterocycles. The Morgan fingerprint density at radius 3 is 2.67 bits per heavy atom. The fourth-order valence-electron chi connectivity index (χ4n) is 1.30. The number of pyridine rings is 1. The zero-order valence-electron chi connectivity index (χ0n) is 8.44. The monoisotopic (exact) mass is 213 g/mol. The zero-order valence-corrected chi connectivity index (χ0v) is 8.44. The highest BCUT2D eigenvalue weighted by atomic mass is 19.1. The van der Waals surface area contributed by atoms with Gasteiger partial charge in [-0.3, -0.25) is 4.98 Å². The molecule has 1 aromatic heterocycles. The van der Waals surface area contributed by atoms with Crippen molar-refractivity contribution in [1.82, 2.24) is 4.98 Å². The molecule has 4 nitrogen and oxygen atoms in total. The molecule has 1 heterocycles. The summed E-state index contributed by atoms with van der Waals surface area (Å²) >= 11 is 0. The maximum Gasteiger partial charge on any atom is 0.333 e. The van der Waals surface area contributed by atoms with E-state index in [1.54, 1.807) is 0 Å². The van der Waals surface area contributed by atoms with Gasteiger partial charge in [0.05, 0.1) is 5.69 Å². The van der Waals surface area contributed by atoms with Crippen molar-refractivity contribution in [2.24, 2.45) is 0 Å². The molecule has 1 unspecified atom stereocenters. The van der Waals surface area contributed by atoms with E-state index in [2.05, 4.69) is 4.98 Å². The highest BCUT2D eigenvalue weighted by Gasteiger charge is 2.38. The number of nitrogens with zero attached hydrogens (tertiary/aromatic N) is 1. The lowest BCUT2D eigenvalue weighted by Gasteiger charge is -2.27. The summed E-state index contributed by atoms with van der Waals surface area (Å²) in [6.45, 7) is 2.86. The molecule has 0 spiro atoms. The summed E-state index contributed by atoms with van der Waals surface area (Å²) in [6, 6.07) is 2.58. The predicted molar refractivity (Wildman–Crippen MR) is 50.9 cm³/mol. The fraction of sp³-hybridized carbons (Fsp3) is 0.400. The lowest BCUT2D eigenvalue weighted by Crippen LogP contribution is -2.41. The highest BCUT2D eigenvalue weighted by Crippen LogP contribution is 2.27. The molecule has 15 heavy (non-hydrogen) atoms. The maximum absolute atomic E-state index is 13.3. The van der Waals surface area contributed by atoms with Crippen molar-refractivity contribution >= 4 is 5.97 Å². The molecule has 82 valence electrons. The standard InChI is InChI=1S/C10H12FNO3/c1-10(2,8(13)9(14)15)7-6(11)4-3-5-12-7/h3-5,8,13H,1-2H3,(H,14,15). The van der Waals surface area contributed by atoms with Gasteiger partial charge in [0.15, 0.2) is 6.10 Å². The Morgan fingerprint density at radius 2 is 2.20 bits per heavy atom. The fourth-order valence-corrected chi connectivity index (χ4v) is 1.30. The Labute approximate surface area is 86.4 Å². The van der Waals surface area contributed by atoms with Crippen molar-refractivity contribution in [3.05, 3.63) is 29.8 Å². The van der Waals surface area contributed by atoms with Crippen LogP contribution in [0.2, 0.25) is 0 Å². The molecule has 0 aliphatic carbocycles. The molecule has 2 N–H and O–H groups in total. The number of carbonyl (C=O) groups is 1. The lowest BCUT2D eigenvalue weighted by atomic mass is 9.82. The molecule has 0 aliphatic rings. The number of halogens is 1. The van der Waals surface area contributed by atoms with Crippen molar-refractivity contribution in [2.75, 3.05) is 0 Å². The smallest absolute Gasteiger partial charge is 0.333 e. The molecule has 0 radical (unpaired) electrons. The first-order chi connectivity index (χ1) is 6.87. The molecule has 5 heteroatoms. The van der Waals surface area contributed by atoms with Crippen LogP contribution in [0.1, 0.15) is 19.5 Å². The van der Waals surface area contributed by atoms with E-state index in [0.29, 0.717) is 0 Å². The number of aliphatic carboxylic acids is 1.